The lowest BCUT2D eigenvalue weighted by Crippen LogP contribution is -2.45. The van der Waals surface area contributed by atoms with Crippen molar-refractivity contribution in [2.45, 2.75) is 45.3 Å². The minimum Gasteiger partial charge on any atom is -0.445 e. The summed E-state index contributed by atoms with van der Waals surface area (Å²) in [5.41, 5.74) is 0.950. The Morgan fingerprint density at radius 3 is 2.53 bits per heavy atom. The van der Waals surface area contributed by atoms with Gasteiger partial charge in [0.1, 0.15) is 12.6 Å². The van der Waals surface area contributed by atoms with E-state index in [1.54, 1.807) is 11.8 Å². The maximum absolute atomic E-state index is 13.1. The molecule has 2 saturated heterocycles. The lowest BCUT2D eigenvalue weighted by atomic mass is 9.90. The number of hydrogen-bond acceptors (Lipinski definition) is 7. The van der Waals surface area contributed by atoms with Crippen molar-refractivity contribution in [1.29, 1.82) is 0 Å². The monoisotopic (exact) mass is 442 g/mol. The third-order valence-corrected chi connectivity index (χ3v) is 6.17. The second kappa shape index (κ2) is 10.6. The average molecular weight is 443 g/mol. The van der Waals surface area contributed by atoms with Gasteiger partial charge in [-0.15, -0.1) is 0 Å². The number of carbonyl (C=O) groups is 2. The SMILES string of the molecule is Cc1noc(C(NC(=O)C2CCN(C(=O)OCc3ccccc3)CC2)C2CCOCC2)n1. The molecule has 2 aliphatic heterocycles. The van der Waals surface area contributed by atoms with Gasteiger partial charge in [-0.1, -0.05) is 35.5 Å². The van der Waals surface area contributed by atoms with E-state index < -0.39 is 0 Å². The number of ether oxygens (including phenoxy) is 2. The zero-order valence-corrected chi connectivity index (χ0v) is 18.4. The van der Waals surface area contributed by atoms with Gasteiger partial charge in [-0.2, -0.15) is 4.98 Å². The van der Waals surface area contributed by atoms with Gasteiger partial charge in [-0.25, -0.2) is 4.79 Å². The molecule has 4 rings (SSSR count). The Kier molecular flexibility index (Phi) is 7.36. The second-order valence-electron chi connectivity index (χ2n) is 8.42. The van der Waals surface area contributed by atoms with Crippen LogP contribution in [0.1, 0.15) is 49.0 Å². The van der Waals surface area contributed by atoms with Crippen molar-refractivity contribution in [2.75, 3.05) is 26.3 Å². The highest BCUT2D eigenvalue weighted by molar-refractivity contribution is 5.79. The molecule has 172 valence electrons. The van der Waals surface area contributed by atoms with Crippen LogP contribution < -0.4 is 5.32 Å². The molecule has 3 heterocycles. The molecular formula is C23H30N4O5. The Balaban J connectivity index is 1.29. The Morgan fingerprint density at radius 2 is 1.88 bits per heavy atom. The number of amides is 2. The largest absolute Gasteiger partial charge is 0.445 e. The van der Waals surface area contributed by atoms with Gasteiger partial charge in [-0.05, 0) is 44.1 Å². The third kappa shape index (κ3) is 5.64. The number of carbonyl (C=O) groups excluding carboxylic acids is 2. The van der Waals surface area contributed by atoms with Gasteiger partial charge in [-0.3, -0.25) is 4.79 Å². The first-order valence-corrected chi connectivity index (χ1v) is 11.2. The molecule has 2 amide bonds. The van der Waals surface area contributed by atoms with E-state index in [9.17, 15) is 9.59 Å². The topological polar surface area (TPSA) is 107 Å². The summed E-state index contributed by atoms with van der Waals surface area (Å²) in [7, 11) is 0. The number of likely N-dealkylation sites (tertiary alicyclic amines) is 1. The minimum atomic E-state index is -0.339. The molecule has 0 saturated carbocycles. The van der Waals surface area contributed by atoms with Crippen LogP contribution >= 0.6 is 0 Å². The van der Waals surface area contributed by atoms with Crippen molar-refractivity contribution in [1.82, 2.24) is 20.4 Å². The molecule has 1 aromatic carbocycles. The highest BCUT2D eigenvalue weighted by atomic mass is 16.6. The van der Waals surface area contributed by atoms with E-state index in [1.807, 2.05) is 30.3 Å². The minimum absolute atomic E-state index is 0.0327. The third-order valence-electron chi connectivity index (χ3n) is 6.17. The molecule has 9 heteroatoms. The lowest BCUT2D eigenvalue weighted by molar-refractivity contribution is -0.128. The maximum atomic E-state index is 13.1. The van der Waals surface area contributed by atoms with Crippen molar-refractivity contribution in [3.05, 3.63) is 47.6 Å². The molecule has 1 N–H and O–H groups in total. The molecule has 2 aromatic rings. The number of nitrogens with one attached hydrogen (secondary N) is 1. The molecule has 0 aliphatic carbocycles. The highest BCUT2D eigenvalue weighted by Gasteiger charge is 2.34. The number of nitrogens with zero attached hydrogens (tertiary/aromatic N) is 3. The standard InChI is InChI=1S/C23H30N4O5/c1-16-24-22(32-26-16)20(18-9-13-30-14-10-18)25-21(28)19-7-11-27(12-8-19)23(29)31-15-17-5-3-2-4-6-17/h2-6,18-20H,7-15H2,1H3,(H,25,28). The normalized spacial score (nSPS) is 18.8. The van der Waals surface area contributed by atoms with Crippen molar-refractivity contribution >= 4 is 12.0 Å². The van der Waals surface area contributed by atoms with E-state index in [0.29, 0.717) is 50.9 Å². The predicted molar refractivity (Wildman–Crippen MR) is 114 cm³/mol. The fourth-order valence-corrected chi connectivity index (χ4v) is 4.28. The molecule has 32 heavy (non-hydrogen) atoms. The molecule has 0 bridgehead atoms. The van der Waals surface area contributed by atoms with E-state index in [2.05, 4.69) is 15.5 Å². The first-order chi connectivity index (χ1) is 15.6. The van der Waals surface area contributed by atoms with Crippen LogP contribution in [0, 0.1) is 18.8 Å². The van der Waals surface area contributed by atoms with Gasteiger partial charge in [0.15, 0.2) is 5.82 Å². The molecule has 1 atom stereocenters. The van der Waals surface area contributed by atoms with Crippen molar-refractivity contribution in [2.24, 2.45) is 11.8 Å². The van der Waals surface area contributed by atoms with Gasteiger partial charge >= 0.3 is 6.09 Å². The summed E-state index contributed by atoms with van der Waals surface area (Å²) >= 11 is 0. The summed E-state index contributed by atoms with van der Waals surface area (Å²) in [6.07, 6.45) is 2.51. The number of piperidine rings is 1. The van der Waals surface area contributed by atoms with Crippen LogP contribution in [-0.4, -0.2) is 53.3 Å². The van der Waals surface area contributed by atoms with E-state index in [-0.39, 0.29) is 36.5 Å². The summed E-state index contributed by atoms with van der Waals surface area (Å²) in [5.74, 6) is 0.994. The molecule has 0 radical (unpaired) electrons. The van der Waals surface area contributed by atoms with Gasteiger partial charge in [0, 0.05) is 32.2 Å². The molecule has 2 fully saturated rings. The van der Waals surface area contributed by atoms with Crippen LogP contribution in [-0.2, 0) is 20.9 Å². The lowest BCUT2D eigenvalue weighted by Gasteiger charge is -2.33. The van der Waals surface area contributed by atoms with Crippen molar-refractivity contribution in [3.8, 4) is 0 Å². The quantitative estimate of drug-likeness (QED) is 0.733. The molecule has 9 nitrogen and oxygen atoms in total. The maximum Gasteiger partial charge on any atom is 0.410 e. The average Bonchev–Trinajstić information content (AvgIpc) is 3.28. The van der Waals surface area contributed by atoms with Crippen LogP contribution in [0.25, 0.3) is 0 Å². The van der Waals surface area contributed by atoms with Crippen LogP contribution in [0.15, 0.2) is 34.9 Å². The van der Waals surface area contributed by atoms with E-state index in [0.717, 1.165) is 18.4 Å². The number of rotatable bonds is 6. The van der Waals surface area contributed by atoms with E-state index in [4.69, 9.17) is 14.0 Å². The molecular weight excluding hydrogens is 412 g/mol. The van der Waals surface area contributed by atoms with Crippen LogP contribution in [0.2, 0.25) is 0 Å². The highest BCUT2D eigenvalue weighted by Crippen LogP contribution is 2.30. The predicted octanol–water partition coefficient (Wildman–Crippen LogP) is 3.01. The summed E-state index contributed by atoms with van der Waals surface area (Å²) in [5, 5.41) is 7.05. The number of aryl methyl sites for hydroxylation is 1. The Hall–Kier alpha value is -2.94. The summed E-state index contributed by atoms with van der Waals surface area (Å²) < 4.78 is 16.3. The van der Waals surface area contributed by atoms with Gasteiger partial charge in [0.05, 0.1) is 0 Å². The first kappa shape index (κ1) is 22.3. The van der Waals surface area contributed by atoms with Crippen LogP contribution in [0.3, 0.4) is 0 Å². The fourth-order valence-electron chi connectivity index (χ4n) is 4.28. The summed E-state index contributed by atoms with van der Waals surface area (Å²) in [4.78, 5) is 31.5. The zero-order chi connectivity index (χ0) is 22.3. The van der Waals surface area contributed by atoms with Gasteiger partial charge in [0.25, 0.3) is 0 Å². The van der Waals surface area contributed by atoms with Crippen LogP contribution in [0.5, 0.6) is 0 Å². The summed E-state index contributed by atoms with van der Waals surface area (Å²) in [6, 6.07) is 9.27. The van der Waals surface area contributed by atoms with Gasteiger partial charge in [0.2, 0.25) is 11.8 Å². The molecule has 1 aromatic heterocycles. The molecule has 1 unspecified atom stereocenters. The Morgan fingerprint density at radius 1 is 1.16 bits per heavy atom. The van der Waals surface area contributed by atoms with Gasteiger partial charge < -0.3 is 24.2 Å². The number of hydrogen-bond donors (Lipinski definition) is 1. The Labute approximate surface area is 187 Å². The zero-order valence-electron chi connectivity index (χ0n) is 18.4. The van der Waals surface area contributed by atoms with Crippen molar-refractivity contribution in [3.63, 3.8) is 0 Å². The van der Waals surface area contributed by atoms with E-state index >= 15 is 0 Å². The second-order valence-corrected chi connectivity index (χ2v) is 8.42. The van der Waals surface area contributed by atoms with Crippen molar-refractivity contribution < 1.29 is 23.6 Å². The number of benzene rings is 1. The Bertz CT molecular complexity index is 889. The fraction of sp³-hybridized carbons (Fsp3) is 0.565. The van der Waals surface area contributed by atoms with E-state index in [1.165, 1.54) is 0 Å². The smallest absolute Gasteiger partial charge is 0.410 e. The molecule has 2 aliphatic rings. The van der Waals surface area contributed by atoms with Crippen LogP contribution in [0.4, 0.5) is 4.79 Å². The first-order valence-electron chi connectivity index (χ1n) is 11.2. The number of aromatic nitrogens is 2. The molecule has 0 spiro atoms. The summed E-state index contributed by atoms with van der Waals surface area (Å²) in [6.45, 7) is 4.32.